The average Bonchev–Trinajstić information content (AvgIpc) is 3.18. The average molecular weight is 766 g/mol. The molecule has 9 rings (SSSR count). The topological polar surface area (TPSA) is 83.8 Å². The number of carbonyl (C=O) groups excluding carboxylic acids is 2. The fourth-order valence-corrected chi connectivity index (χ4v) is 7.70. The lowest BCUT2D eigenvalue weighted by Gasteiger charge is -2.43. The maximum atomic E-state index is 12.9. The summed E-state index contributed by atoms with van der Waals surface area (Å²) in [6, 6.07) is 29.4. The minimum Gasteiger partial charge on any atom is -0.451 e. The van der Waals surface area contributed by atoms with Crippen molar-refractivity contribution in [2.45, 2.75) is 22.8 Å². The molecule has 0 aromatic heterocycles. The number of alkyl halides is 2. The molecule has 0 spiro atoms. The lowest BCUT2D eigenvalue weighted by atomic mass is 9.98. The Morgan fingerprint density at radius 3 is 1.38 bits per heavy atom. The molecule has 8 nitrogen and oxygen atoms in total. The van der Waals surface area contributed by atoms with E-state index in [2.05, 4.69) is 0 Å². The summed E-state index contributed by atoms with van der Waals surface area (Å²) < 4.78 is 12.6. The molecule has 4 atom stereocenters. The number of amides is 2. The molecule has 0 radical (unpaired) electrons. The second kappa shape index (κ2) is 12.8. The highest BCUT2D eigenvalue weighted by atomic mass is 35.5. The minimum absolute atomic E-state index is 0.155. The van der Waals surface area contributed by atoms with Gasteiger partial charge < -0.3 is 19.3 Å². The lowest BCUT2D eigenvalue weighted by molar-refractivity contribution is -0.123. The molecule has 2 saturated heterocycles. The molecular weight excluding hydrogens is 742 g/mol. The number of carbonyl (C=O) groups is 2. The molecule has 0 N–H and O–H groups in total. The molecule has 4 aliphatic rings. The van der Waals surface area contributed by atoms with Crippen LogP contribution in [0.5, 0.6) is 23.0 Å². The van der Waals surface area contributed by atoms with Crippen LogP contribution in [-0.4, -0.2) is 34.7 Å². The first-order chi connectivity index (χ1) is 25.3. The Morgan fingerprint density at radius 1 is 0.577 bits per heavy atom. The van der Waals surface area contributed by atoms with Crippen LogP contribution in [0, 0.1) is 0 Å². The van der Waals surface area contributed by atoms with Crippen molar-refractivity contribution in [3.05, 3.63) is 141 Å². The third-order valence-corrected chi connectivity index (χ3v) is 10.9. The molecule has 0 saturated carbocycles. The SMILES string of the molecule is O=C1C(Cl)C(/C=C/c2ccccc2)N1c1ccc2c(c1)Oc1c(Cl)c3c(c(Cl)c1=N2)Oc1cc(N2C(=O)C(Cl)C2/C=C/c2ccccc2)ccc1N=3. The van der Waals surface area contributed by atoms with Gasteiger partial charge in [-0.1, -0.05) is 108 Å². The fourth-order valence-electron chi connectivity index (χ4n) is 6.59. The summed E-state index contributed by atoms with van der Waals surface area (Å²) in [5, 5.41) is -0.517. The summed E-state index contributed by atoms with van der Waals surface area (Å²) in [5.41, 5.74) is 4.16. The second-order valence-electron chi connectivity index (χ2n) is 12.5. The number of hydrogen-bond acceptors (Lipinski definition) is 6. The molecule has 4 heterocycles. The fraction of sp³-hybridized carbons (Fsp3) is 0.100. The van der Waals surface area contributed by atoms with E-state index in [1.807, 2.05) is 85.0 Å². The number of β-lactam (4-membered cyclic amide) rings is 2. The van der Waals surface area contributed by atoms with Crippen LogP contribution >= 0.6 is 46.4 Å². The highest BCUT2D eigenvalue weighted by molar-refractivity contribution is 6.38. The zero-order valence-corrected chi connectivity index (χ0v) is 29.8. The standard InChI is InChI=1S/C40H24Cl4N4O4/c41-31-27(17-11-21-7-3-1-4-8-21)47(39(31)49)23-13-15-25-29(19-23)51-37-33(43)36-38(34(44)35(37)45-25)52-30-20-24(14-16-26(30)46-36)48-28(32(42)40(48)50)18-12-22-9-5-2-6-10-22/h1-20,27-28,31-32H/b17-11+,18-12+. The first-order valence-electron chi connectivity index (χ1n) is 16.3. The van der Waals surface area contributed by atoms with Gasteiger partial charge in [-0.25, -0.2) is 9.98 Å². The zero-order valence-electron chi connectivity index (χ0n) is 26.8. The summed E-state index contributed by atoms with van der Waals surface area (Å²) >= 11 is 26.7. The smallest absolute Gasteiger partial charge is 0.248 e. The number of benzene rings is 5. The van der Waals surface area contributed by atoms with Crippen LogP contribution in [0.3, 0.4) is 0 Å². The molecule has 4 aliphatic heterocycles. The van der Waals surface area contributed by atoms with Crippen molar-refractivity contribution in [2.75, 3.05) is 9.80 Å². The van der Waals surface area contributed by atoms with Crippen molar-refractivity contribution >= 4 is 93.1 Å². The molecule has 2 amide bonds. The number of nitrogens with zero attached hydrogens (tertiary/aromatic N) is 4. The van der Waals surface area contributed by atoms with Crippen molar-refractivity contribution in [1.82, 2.24) is 0 Å². The van der Waals surface area contributed by atoms with Gasteiger partial charge in [-0.15, -0.1) is 23.2 Å². The third kappa shape index (κ3) is 5.37. The van der Waals surface area contributed by atoms with Crippen LogP contribution in [0.4, 0.5) is 22.7 Å². The van der Waals surface area contributed by atoms with E-state index in [9.17, 15) is 9.59 Å². The van der Waals surface area contributed by atoms with Gasteiger partial charge in [0.15, 0.2) is 23.0 Å². The normalized spacial score (nSPS) is 21.2. The first-order valence-corrected chi connectivity index (χ1v) is 17.9. The molecule has 5 aromatic rings. The van der Waals surface area contributed by atoms with E-state index in [1.54, 1.807) is 46.2 Å². The minimum atomic E-state index is -0.691. The van der Waals surface area contributed by atoms with E-state index in [4.69, 9.17) is 65.9 Å². The van der Waals surface area contributed by atoms with Crippen LogP contribution < -0.4 is 30.0 Å². The molecule has 2 fully saturated rings. The van der Waals surface area contributed by atoms with Crippen molar-refractivity contribution in [1.29, 1.82) is 0 Å². The van der Waals surface area contributed by atoms with Gasteiger partial charge in [0, 0.05) is 23.5 Å². The van der Waals surface area contributed by atoms with Crippen molar-refractivity contribution in [3.63, 3.8) is 0 Å². The number of ether oxygens (including phenoxy) is 2. The van der Waals surface area contributed by atoms with E-state index in [1.165, 1.54) is 0 Å². The van der Waals surface area contributed by atoms with Crippen LogP contribution in [-0.2, 0) is 9.59 Å². The summed E-state index contributed by atoms with van der Waals surface area (Å²) in [7, 11) is 0. The number of fused-ring (bicyclic) bond motifs is 4. The molecule has 0 bridgehead atoms. The predicted molar refractivity (Wildman–Crippen MR) is 204 cm³/mol. The third-order valence-electron chi connectivity index (χ3n) is 9.29. The van der Waals surface area contributed by atoms with Gasteiger partial charge in [0.05, 0.1) is 12.1 Å². The summed E-state index contributed by atoms with van der Waals surface area (Å²) in [4.78, 5) is 38.6. The molecule has 12 heteroatoms. The number of rotatable bonds is 6. The monoisotopic (exact) mass is 764 g/mol. The van der Waals surface area contributed by atoms with Gasteiger partial charge in [0.2, 0.25) is 11.8 Å². The van der Waals surface area contributed by atoms with Crippen molar-refractivity contribution in [2.24, 2.45) is 9.98 Å². The maximum absolute atomic E-state index is 12.9. The van der Waals surface area contributed by atoms with Crippen LogP contribution in [0.25, 0.3) is 12.2 Å². The van der Waals surface area contributed by atoms with E-state index in [0.717, 1.165) is 11.1 Å². The highest BCUT2D eigenvalue weighted by Crippen LogP contribution is 2.46. The van der Waals surface area contributed by atoms with E-state index in [-0.39, 0.29) is 56.2 Å². The Bertz CT molecular complexity index is 2340. The Balaban J connectivity index is 1.01. The Hall–Kier alpha value is -5.12. The Labute approximate surface area is 317 Å². The molecule has 5 aromatic carbocycles. The highest BCUT2D eigenvalue weighted by Gasteiger charge is 2.47. The molecule has 256 valence electrons. The van der Waals surface area contributed by atoms with Gasteiger partial charge in [-0.3, -0.25) is 9.59 Å². The van der Waals surface area contributed by atoms with Gasteiger partial charge in [0.1, 0.15) is 42.9 Å². The van der Waals surface area contributed by atoms with Crippen LogP contribution in [0.15, 0.2) is 119 Å². The summed E-state index contributed by atoms with van der Waals surface area (Å²) in [5.74, 6) is 0.750. The van der Waals surface area contributed by atoms with Gasteiger partial charge >= 0.3 is 0 Å². The van der Waals surface area contributed by atoms with Gasteiger partial charge in [0.25, 0.3) is 0 Å². The second-order valence-corrected chi connectivity index (χ2v) is 14.2. The van der Waals surface area contributed by atoms with E-state index >= 15 is 0 Å². The summed E-state index contributed by atoms with van der Waals surface area (Å²) in [6.45, 7) is 0. The number of halogens is 4. The molecule has 4 unspecified atom stereocenters. The van der Waals surface area contributed by atoms with E-state index < -0.39 is 10.8 Å². The predicted octanol–water partition coefficient (Wildman–Crippen LogP) is 9.18. The Morgan fingerprint density at radius 2 is 0.981 bits per heavy atom. The zero-order chi connectivity index (χ0) is 35.7. The van der Waals surface area contributed by atoms with Crippen molar-refractivity contribution < 1.29 is 19.1 Å². The van der Waals surface area contributed by atoms with Crippen LogP contribution in [0.2, 0.25) is 10.0 Å². The maximum Gasteiger partial charge on any atom is 0.248 e. The molecule has 0 aliphatic carbocycles. The van der Waals surface area contributed by atoms with Crippen molar-refractivity contribution in [3.8, 4) is 23.0 Å². The Kier molecular flexibility index (Phi) is 8.08. The number of anilines is 2. The van der Waals surface area contributed by atoms with E-state index in [0.29, 0.717) is 34.2 Å². The molecular formula is C40H24Cl4N4O4. The quantitative estimate of drug-likeness (QED) is 0.125. The summed E-state index contributed by atoms with van der Waals surface area (Å²) in [6.07, 6.45) is 7.71. The lowest BCUT2D eigenvalue weighted by Crippen LogP contribution is -2.61. The van der Waals surface area contributed by atoms with Gasteiger partial charge in [-0.05, 0) is 35.4 Å². The first kappa shape index (κ1) is 32.8. The molecule has 52 heavy (non-hydrogen) atoms. The van der Waals surface area contributed by atoms with Crippen LogP contribution in [0.1, 0.15) is 11.1 Å². The van der Waals surface area contributed by atoms with Gasteiger partial charge in [-0.2, -0.15) is 0 Å². The largest absolute Gasteiger partial charge is 0.451 e. The number of hydrogen-bond donors (Lipinski definition) is 0.